The highest BCUT2D eigenvalue weighted by Crippen LogP contribution is 2.23. The van der Waals surface area contributed by atoms with Gasteiger partial charge in [0.2, 0.25) is 0 Å². The SMILES string of the molecule is CC(F)c1cc(F)c(F)c(/C=C/CN)c1. The molecule has 1 nitrogen and oxygen atoms in total. The molecule has 1 aromatic carbocycles. The quantitative estimate of drug-likeness (QED) is 0.824. The summed E-state index contributed by atoms with van der Waals surface area (Å²) in [6.45, 7) is 1.49. The molecule has 15 heavy (non-hydrogen) atoms. The maximum Gasteiger partial charge on any atom is 0.166 e. The number of hydrogen-bond acceptors (Lipinski definition) is 1. The summed E-state index contributed by atoms with van der Waals surface area (Å²) < 4.78 is 39.1. The third kappa shape index (κ3) is 2.83. The number of nitrogens with two attached hydrogens (primary N) is 1. The molecular weight excluding hydrogens is 203 g/mol. The molecule has 0 saturated heterocycles. The Kier molecular flexibility index (Phi) is 3.91. The zero-order chi connectivity index (χ0) is 11.4. The first-order chi connectivity index (χ1) is 7.06. The van der Waals surface area contributed by atoms with Crippen LogP contribution in [0.3, 0.4) is 0 Å². The first-order valence-corrected chi connectivity index (χ1v) is 4.56. The van der Waals surface area contributed by atoms with Gasteiger partial charge in [-0.15, -0.1) is 0 Å². The first kappa shape index (κ1) is 11.8. The molecule has 1 atom stereocenters. The fourth-order valence-corrected chi connectivity index (χ4v) is 1.18. The van der Waals surface area contributed by atoms with Crippen LogP contribution in [-0.4, -0.2) is 6.54 Å². The van der Waals surface area contributed by atoms with Gasteiger partial charge in [-0.3, -0.25) is 0 Å². The minimum absolute atomic E-state index is 0.0138. The molecule has 0 spiro atoms. The van der Waals surface area contributed by atoms with E-state index in [1.807, 2.05) is 0 Å². The summed E-state index contributed by atoms with van der Waals surface area (Å²) in [5.41, 5.74) is 5.32. The van der Waals surface area contributed by atoms with Crippen molar-refractivity contribution in [3.63, 3.8) is 0 Å². The van der Waals surface area contributed by atoms with E-state index in [-0.39, 0.29) is 17.7 Å². The molecule has 0 saturated carbocycles. The van der Waals surface area contributed by atoms with Gasteiger partial charge in [0.1, 0.15) is 6.17 Å². The molecule has 0 aliphatic carbocycles. The zero-order valence-corrected chi connectivity index (χ0v) is 8.31. The average Bonchev–Trinajstić information content (AvgIpc) is 2.19. The van der Waals surface area contributed by atoms with Crippen molar-refractivity contribution >= 4 is 6.08 Å². The Bertz CT molecular complexity index is 372. The summed E-state index contributed by atoms with van der Waals surface area (Å²) in [4.78, 5) is 0. The molecule has 1 aromatic rings. The van der Waals surface area contributed by atoms with Crippen LogP contribution in [0.4, 0.5) is 13.2 Å². The van der Waals surface area contributed by atoms with E-state index >= 15 is 0 Å². The van der Waals surface area contributed by atoms with Gasteiger partial charge in [0.25, 0.3) is 0 Å². The van der Waals surface area contributed by atoms with Gasteiger partial charge in [-0.1, -0.05) is 12.2 Å². The first-order valence-electron chi connectivity index (χ1n) is 4.56. The Labute approximate surface area is 86.4 Å². The smallest absolute Gasteiger partial charge is 0.166 e. The van der Waals surface area contributed by atoms with Gasteiger partial charge in [0, 0.05) is 12.1 Å². The zero-order valence-electron chi connectivity index (χ0n) is 8.31. The molecule has 0 fully saturated rings. The Morgan fingerprint density at radius 2 is 2.07 bits per heavy atom. The molecule has 0 radical (unpaired) electrons. The standard InChI is InChI=1S/C11H12F3N/c1-7(12)9-5-8(3-2-4-15)11(14)10(13)6-9/h2-3,5-7H,4,15H2,1H3/b3-2+. The minimum Gasteiger partial charge on any atom is -0.327 e. The summed E-state index contributed by atoms with van der Waals surface area (Å²) in [6, 6.07) is 2.13. The maximum absolute atomic E-state index is 13.2. The molecule has 0 aromatic heterocycles. The predicted octanol–water partition coefficient (Wildman–Crippen LogP) is 2.97. The lowest BCUT2D eigenvalue weighted by Crippen LogP contribution is -1.96. The van der Waals surface area contributed by atoms with Crippen molar-refractivity contribution in [3.8, 4) is 0 Å². The number of halogens is 3. The highest BCUT2D eigenvalue weighted by Gasteiger charge is 2.12. The van der Waals surface area contributed by atoms with Crippen LogP contribution in [0.25, 0.3) is 6.08 Å². The lowest BCUT2D eigenvalue weighted by Gasteiger charge is -2.05. The van der Waals surface area contributed by atoms with E-state index < -0.39 is 17.8 Å². The Morgan fingerprint density at radius 1 is 1.40 bits per heavy atom. The molecule has 0 heterocycles. The third-order valence-corrected chi connectivity index (χ3v) is 1.97. The summed E-state index contributed by atoms with van der Waals surface area (Å²) in [6.07, 6.45) is 1.49. The van der Waals surface area contributed by atoms with E-state index in [4.69, 9.17) is 5.73 Å². The second-order valence-electron chi connectivity index (χ2n) is 3.16. The number of alkyl halides is 1. The van der Waals surface area contributed by atoms with Crippen molar-refractivity contribution in [2.75, 3.05) is 6.54 Å². The molecule has 82 valence electrons. The molecule has 4 heteroatoms. The fourth-order valence-electron chi connectivity index (χ4n) is 1.18. The van der Waals surface area contributed by atoms with E-state index in [0.29, 0.717) is 0 Å². The Morgan fingerprint density at radius 3 is 2.60 bits per heavy atom. The van der Waals surface area contributed by atoms with Gasteiger partial charge >= 0.3 is 0 Å². The maximum atomic E-state index is 13.2. The van der Waals surface area contributed by atoms with Gasteiger partial charge in [-0.25, -0.2) is 13.2 Å². The highest BCUT2D eigenvalue weighted by molar-refractivity contribution is 5.52. The molecule has 1 rings (SSSR count). The van der Waals surface area contributed by atoms with Crippen LogP contribution >= 0.6 is 0 Å². The topological polar surface area (TPSA) is 26.0 Å². The summed E-state index contributed by atoms with van der Waals surface area (Å²) >= 11 is 0. The lowest BCUT2D eigenvalue weighted by molar-refractivity contribution is 0.371. The van der Waals surface area contributed by atoms with Gasteiger partial charge in [-0.2, -0.15) is 0 Å². The van der Waals surface area contributed by atoms with E-state index in [9.17, 15) is 13.2 Å². The van der Waals surface area contributed by atoms with E-state index in [0.717, 1.165) is 6.07 Å². The summed E-state index contributed by atoms with van der Waals surface area (Å²) in [5, 5.41) is 0. The van der Waals surface area contributed by atoms with Crippen molar-refractivity contribution in [1.82, 2.24) is 0 Å². The van der Waals surface area contributed by atoms with Crippen LogP contribution in [0.2, 0.25) is 0 Å². The van der Waals surface area contributed by atoms with Crippen molar-refractivity contribution in [3.05, 3.63) is 41.0 Å². The monoisotopic (exact) mass is 215 g/mol. The van der Waals surface area contributed by atoms with Crippen LogP contribution in [0.15, 0.2) is 18.2 Å². The van der Waals surface area contributed by atoms with Crippen LogP contribution in [0, 0.1) is 11.6 Å². The molecule has 2 N–H and O–H groups in total. The normalized spacial score (nSPS) is 13.4. The third-order valence-electron chi connectivity index (χ3n) is 1.97. The molecule has 0 amide bonds. The largest absolute Gasteiger partial charge is 0.327 e. The Hall–Kier alpha value is -1.29. The number of hydrogen-bond donors (Lipinski definition) is 1. The van der Waals surface area contributed by atoms with Crippen molar-refractivity contribution in [1.29, 1.82) is 0 Å². The highest BCUT2D eigenvalue weighted by atomic mass is 19.2. The molecule has 0 bridgehead atoms. The van der Waals surface area contributed by atoms with E-state index in [2.05, 4.69) is 0 Å². The number of benzene rings is 1. The minimum atomic E-state index is -1.33. The van der Waals surface area contributed by atoms with Crippen molar-refractivity contribution in [2.24, 2.45) is 5.73 Å². The molecule has 1 unspecified atom stereocenters. The second kappa shape index (κ2) is 4.98. The van der Waals surface area contributed by atoms with E-state index in [1.54, 1.807) is 0 Å². The van der Waals surface area contributed by atoms with Gasteiger partial charge in [0.05, 0.1) is 0 Å². The van der Waals surface area contributed by atoms with Gasteiger partial charge < -0.3 is 5.73 Å². The molecule has 0 aliphatic rings. The predicted molar refractivity (Wildman–Crippen MR) is 54.0 cm³/mol. The number of rotatable bonds is 3. The lowest BCUT2D eigenvalue weighted by atomic mass is 10.1. The molecular formula is C11H12F3N. The Balaban J connectivity index is 3.19. The van der Waals surface area contributed by atoms with Gasteiger partial charge in [0.15, 0.2) is 11.6 Å². The summed E-state index contributed by atoms with van der Waals surface area (Å²) in [7, 11) is 0. The van der Waals surface area contributed by atoms with Crippen molar-refractivity contribution < 1.29 is 13.2 Å². The van der Waals surface area contributed by atoms with Gasteiger partial charge in [-0.05, 0) is 24.6 Å². The van der Waals surface area contributed by atoms with Crippen molar-refractivity contribution in [2.45, 2.75) is 13.1 Å². The second-order valence-corrected chi connectivity index (χ2v) is 3.16. The fraction of sp³-hybridized carbons (Fsp3) is 0.273. The summed E-state index contributed by atoms with van der Waals surface area (Å²) in [5.74, 6) is -2.03. The molecule has 0 aliphatic heterocycles. The van der Waals surface area contributed by atoms with Crippen LogP contribution in [0.5, 0.6) is 0 Å². The van der Waals surface area contributed by atoms with Crippen LogP contribution < -0.4 is 5.73 Å². The van der Waals surface area contributed by atoms with Crippen LogP contribution in [0.1, 0.15) is 24.2 Å². The average molecular weight is 215 g/mol. The van der Waals surface area contributed by atoms with Crippen LogP contribution in [-0.2, 0) is 0 Å². The van der Waals surface area contributed by atoms with E-state index in [1.165, 1.54) is 25.1 Å².